The van der Waals surface area contributed by atoms with Crippen molar-refractivity contribution in [2.75, 3.05) is 18.5 Å². The third-order valence-corrected chi connectivity index (χ3v) is 4.78. The zero-order chi connectivity index (χ0) is 20.1. The van der Waals surface area contributed by atoms with E-state index in [1.54, 1.807) is 6.07 Å². The lowest BCUT2D eigenvalue weighted by atomic mass is 9.87. The molecule has 0 bridgehead atoms. The van der Waals surface area contributed by atoms with Crippen LogP contribution in [0.5, 0.6) is 0 Å². The molecule has 0 radical (unpaired) electrons. The minimum absolute atomic E-state index is 0.0550. The first-order chi connectivity index (χ1) is 13.3. The minimum atomic E-state index is -0.306. The topological polar surface area (TPSA) is 80.3 Å². The minimum Gasteiger partial charge on any atom is -0.376 e. The molecule has 3 rings (SSSR count). The van der Waals surface area contributed by atoms with Crippen molar-refractivity contribution in [3.8, 4) is 0 Å². The van der Waals surface area contributed by atoms with Gasteiger partial charge in [-0.1, -0.05) is 32.9 Å². The third kappa shape index (κ3) is 5.16. The Morgan fingerprint density at radius 3 is 2.54 bits per heavy atom. The van der Waals surface area contributed by atoms with Crippen LogP contribution in [0.4, 0.5) is 5.69 Å². The Hall–Kier alpha value is -2.73. The Bertz CT molecular complexity index is 835. The summed E-state index contributed by atoms with van der Waals surface area (Å²) in [5.74, 6) is -0.584. The Morgan fingerprint density at radius 1 is 1.14 bits per heavy atom. The summed E-state index contributed by atoms with van der Waals surface area (Å²) in [5, 5.41) is 5.68. The highest BCUT2D eigenvalue weighted by Crippen LogP contribution is 2.23. The fraction of sp³-hybridized carbons (Fsp3) is 0.409. The predicted octanol–water partition coefficient (Wildman–Crippen LogP) is 3.54. The molecule has 1 aliphatic heterocycles. The molecule has 2 amide bonds. The highest BCUT2D eigenvalue weighted by molar-refractivity contribution is 6.05. The Morgan fingerprint density at radius 2 is 1.89 bits per heavy atom. The van der Waals surface area contributed by atoms with Gasteiger partial charge in [-0.2, -0.15) is 0 Å². The van der Waals surface area contributed by atoms with Crippen LogP contribution < -0.4 is 10.6 Å². The molecule has 0 aliphatic carbocycles. The molecule has 1 fully saturated rings. The zero-order valence-corrected chi connectivity index (χ0v) is 16.6. The van der Waals surface area contributed by atoms with Gasteiger partial charge >= 0.3 is 0 Å². The number of hydrogen-bond donors (Lipinski definition) is 2. The molecule has 148 valence electrons. The summed E-state index contributed by atoms with van der Waals surface area (Å²) < 4.78 is 5.50. The number of anilines is 1. The van der Waals surface area contributed by atoms with Gasteiger partial charge in [0.25, 0.3) is 11.8 Å². The fourth-order valence-electron chi connectivity index (χ4n) is 3.06. The monoisotopic (exact) mass is 381 g/mol. The number of benzene rings is 1. The molecule has 2 aromatic rings. The summed E-state index contributed by atoms with van der Waals surface area (Å²) in [6.45, 7) is 7.62. The molecule has 1 aromatic carbocycles. The first-order valence-electron chi connectivity index (χ1n) is 9.61. The van der Waals surface area contributed by atoms with Crippen molar-refractivity contribution in [1.29, 1.82) is 0 Å². The molecular weight excluding hydrogens is 354 g/mol. The highest BCUT2D eigenvalue weighted by atomic mass is 16.5. The quantitative estimate of drug-likeness (QED) is 0.830. The van der Waals surface area contributed by atoms with Gasteiger partial charge in [-0.3, -0.25) is 14.6 Å². The van der Waals surface area contributed by atoms with Gasteiger partial charge in [0.1, 0.15) is 5.69 Å². The first-order valence-corrected chi connectivity index (χ1v) is 9.61. The Balaban J connectivity index is 1.62. The van der Waals surface area contributed by atoms with Crippen molar-refractivity contribution in [1.82, 2.24) is 10.3 Å². The number of carbonyl (C=O) groups excluding carboxylic acids is 2. The van der Waals surface area contributed by atoms with Gasteiger partial charge in [-0.05, 0) is 48.1 Å². The van der Waals surface area contributed by atoms with E-state index in [1.165, 1.54) is 17.8 Å². The second-order valence-electron chi connectivity index (χ2n) is 8.06. The lowest BCUT2D eigenvalue weighted by Gasteiger charge is -2.19. The molecule has 28 heavy (non-hydrogen) atoms. The predicted molar refractivity (Wildman–Crippen MR) is 109 cm³/mol. The van der Waals surface area contributed by atoms with Crippen molar-refractivity contribution < 1.29 is 14.3 Å². The van der Waals surface area contributed by atoms with Crippen LogP contribution in [0.1, 0.15) is 60.0 Å². The van der Waals surface area contributed by atoms with Crippen molar-refractivity contribution in [3.63, 3.8) is 0 Å². The van der Waals surface area contributed by atoms with E-state index in [0.717, 1.165) is 19.4 Å². The molecular formula is C22H27N3O3. The lowest BCUT2D eigenvalue weighted by Crippen LogP contribution is -2.32. The zero-order valence-electron chi connectivity index (χ0n) is 16.6. The lowest BCUT2D eigenvalue weighted by molar-refractivity contribution is 0.0853. The largest absolute Gasteiger partial charge is 0.376 e. The standard InChI is InChI=1S/C22H27N3O3/c1-22(2,3)16-6-8-17(9-7-16)25-20(26)15-10-11-23-19(13-15)21(27)24-14-18-5-4-12-28-18/h6-11,13,18H,4-5,12,14H2,1-3H3,(H,24,27)(H,25,26). The van der Waals surface area contributed by atoms with Crippen LogP contribution in [0.25, 0.3) is 0 Å². The first kappa shape index (κ1) is 20.0. The number of pyridine rings is 1. The van der Waals surface area contributed by atoms with Crippen LogP contribution in [0.3, 0.4) is 0 Å². The van der Waals surface area contributed by atoms with E-state index in [-0.39, 0.29) is 29.0 Å². The molecule has 1 unspecified atom stereocenters. The van der Waals surface area contributed by atoms with Crippen LogP contribution in [0, 0.1) is 0 Å². The van der Waals surface area contributed by atoms with Gasteiger partial charge in [-0.25, -0.2) is 0 Å². The Kier molecular flexibility index (Phi) is 6.09. The van der Waals surface area contributed by atoms with E-state index in [9.17, 15) is 9.59 Å². The number of aromatic nitrogens is 1. The maximum absolute atomic E-state index is 12.5. The van der Waals surface area contributed by atoms with Crippen LogP contribution in [-0.4, -0.2) is 36.1 Å². The second kappa shape index (κ2) is 8.52. The average Bonchev–Trinajstić information content (AvgIpc) is 3.19. The van der Waals surface area contributed by atoms with Crippen LogP contribution >= 0.6 is 0 Å². The highest BCUT2D eigenvalue weighted by Gasteiger charge is 2.18. The average molecular weight is 381 g/mol. The summed E-state index contributed by atoms with van der Waals surface area (Å²) in [6, 6.07) is 10.9. The molecule has 2 N–H and O–H groups in total. The molecule has 2 heterocycles. The summed E-state index contributed by atoms with van der Waals surface area (Å²) in [5.41, 5.74) is 2.56. The summed E-state index contributed by atoms with van der Waals surface area (Å²) in [4.78, 5) is 28.9. The number of ether oxygens (including phenoxy) is 1. The van der Waals surface area contributed by atoms with Crippen LogP contribution in [-0.2, 0) is 10.2 Å². The summed E-state index contributed by atoms with van der Waals surface area (Å²) >= 11 is 0. The van der Waals surface area contributed by atoms with Gasteiger partial charge in [0.05, 0.1) is 6.10 Å². The number of hydrogen-bond acceptors (Lipinski definition) is 4. The molecule has 1 atom stereocenters. The van der Waals surface area contributed by atoms with E-state index in [1.807, 2.05) is 24.3 Å². The van der Waals surface area contributed by atoms with E-state index in [2.05, 4.69) is 36.4 Å². The van der Waals surface area contributed by atoms with Crippen molar-refractivity contribution >= 4 is 17.5 Å². The second-order valence-corrected chi connectivity index (χ2v) is 8.06. The molecule has 1 aliphatic rings. The maximum Gasteiger partial charge on any atom is 0.269 e. The molecule has 0 saturated carbocycles. The van der Waals surface area contributed by atoms with E-state index in [0.29, 0.717) is 17.8 Å². The number of carbonyl (C=O) groups is 2. The smallest absolute Gasteiger partial charge is 0.269 e. The van der Waals surface area contributed by atoms with Gasteiger partial charge < -0.3 is 15.4 Å². The summed E-state index contributed by atoms with van der Waals surface area (Å²) in [7, 11) is 0. The van der Waals surface area contributed by atoms with Gasteiger partial charge in [0.2, 0.25) is 0 Å². The van der Waals surface area contributed by atoms with Gasteiger partial charge in [0, 0.05) is 30.6 Å². The number of nitrogens with one attached hydrogen (secondary N) is 2. The molecule has 1 aromatic heterocycles. The fourth-order valence-corrected chi connectivity index (χ4v) is 3.06. The van der Waals surface area contributed by atoms with Crippen molar-refractivity contribution in [3.05, 3.63) is 59.4 Å². The SMILES string of the molecule is CC(C)(C)c1ccc(NC(=O)c2ccnc(C(=O)NCC3CCCO3)c2)cc1. The van der Waals surface area contributed by atoms with Crippen molar-refractivity contribution in [2.24, 2.45) is 0 Å². The van der Waals surface area contributed by atoms with Gasteiger partial charge in [-0.15, -0.1) is 0 Å². The Labute approximate surface area is 165 Å². The van der Waals surface area contributed by atoms with E-state index in [4.69, 9.17) is 4.74 Å². The number of rotatable bonds is 5. The summed E-state index contributed by atoms with van der Waals surface area (Å²) in [6.07, 6.45) is 3.50. The molecule has 1 saturated heterocycles. The maximum atomic E-state index is 12.5. The number of amides is 2. The van der Waals surface area contributed by atoms with Crippen molar-refractivity contribution in [2.45, 2.75) is 45.1 Å². The molecule has 6 nitrogen and oxygen atoms in total. The van der Waals surface area contributed by atoms with E-state index < -0.39 is 0 Å². The van der Waals surface area contributed by atoms with E-state index >= 15 is 0 Å². The molecule has 0 spiro atoms. The molecule has 6 heteroatoms. The van der Waals surface area contributed by atoms with Gasteiger partial charge in [0.15, 0.2) is 0 Å². The normalized spacial score (nSPS) is 16.6. The third-order valence-electron chi connectivity index (χ3n) is 4.78. The number of nitrogens with zero attached hydrogens (tertiary/aromatic N) is 1. The van der Waals surface area contributed by atoms with Crippen LogP contribution in [0.2, 0.25) is 0 Å². The van der Waals surface area contributed by atoms with Crippen LogP contribution in [0.15, 0.2) is 42.6 Å².